The summed E-state index contributed by atoms with van der Waals surface area (Å²) in [5.41, 5.74) is -0.490. The van der Waals surface area contributed by atoms with Gasteiger partial charge in [-0.2, -0.15) is 0 Å². The maximum Gasteiger partial charge on any atom is 0.345 e. The number of carboxylic acid groups (broad SMARTS) is 1. The number of H-pyrrole nitrogens is 1. The van der Waals surface area contributed by atoms with E-state index in [2.05, 4.69) is 15.6 Å². The van der Waals surface area contributed by atoms with E-state index >= 15 is 0 Å². The van der Waals surface area contributed by atoms with E-state index in [9.17, 15) is 39.6 Å². The number of rotatable bonds is 14. The fourth-order valence-corrected chi connectivity index (χ4v) is 6.26. The molecule has 2 amide bonds. The smallest absolute Gasteiger partial charge is 0.345 e. The minimum absolute atomic E-state index is 0.0700. The van der Waals surface area contributed by atoms with Crippen molar-refractivity contribution in [2.45, 2.75) is 24.3 Å². The zero-order valence-electron chi connectivity index (χ0n) is 28.6. The third-order valence-corrected chi connectivity index (χ3v) is 9.09. The average Bonchev–Trinajstić information content (AvgIpc) is 3.15. The summed E-state index contributed by atoms with van der Waals surface area (Å²) in [5.74, 6) is -1.68. The van der Waals surface area contributed by atoms with Gasteiger partial charge in [-0.1, -0.05) is 54.6 Å². The normalized spacial score (nSPS) is 14.5. The highest BCUT2D eigenvalue weighted by molar-refractivity contribution is 5.97. The summed E-state index contributed by atoms with van der Waals surface area (Å²) in [6, 6.07) is 24.7. The number of nitrogens with one attached hydrogen (secondary N) is 3. The Kier molecular flexibility index (Phi) is 10.7. The van der Waals surface area contributed by atoms with Crippen LogP contribution in [0.15, 0.2) is 102 Å². The number of phenolic OH excluding ortho intramolecular Hbond substituents is 1. The molecule has 2 heterocycles. The molecule has 2 unspecified atom stereocenters. The molecule has 6 rings (SSSR count). The molecule has 53 heavy (non-hydrogen) atoms. The Morgan fingerprint density at radius 1 is 0.962 bits per heavy atom. The number of aliphatic carboxylic acids is 1. The van der Waals surface area contributed by atoms with Crippen molar-refractivity contribution in [3.05, 3.63) is 135 Å². The first-order chi connectivity index (χ1) is 25.5. The number of pyridine rings is 1. The summed E-state index contributed by atoms with van der Waals surface area (Å²) in [4.78, 5) is 53.9. The first-order valence-electron chi connectivity index (χ1n) is 16.7. The summed E-state index contributed by atoms with van der Waals surface area (Å²) in [6.07, 6.45) is -0.936. The van der Waals surface area contributed by atoms with Crippen molar-refractivity contribution < 1.29 is 44.3 Å². The third kappa shape index (κ3) is 7.84. The molecule has 0 aliphatic carbocycles. The topological polar surface area (TPSA) is 211 Å². The van der Waals surface area contributed by atoms with Gasteiger partial charge in [-0.05, 0) is 53.1 Å². The van der Waals surface area contributed by atoms with Crippen LogP contribution in [-0.2, 0) is 21.7 Å². The van der Waals surface area contributed by atoms with Crippen LogP contribution in [0, 0.1) is 0 Å². The molecule has 0 spiro atoms. The fourth-order valence-electron chi connectivity index (χ4n) is 6.26. The largest absolute Gasteiger partial charge is 0.506 e. The maximum atomic E-state index is 13.3. The third-order valence-electron chi connectivity index (χ3n) is 9.09. The molecule has 4 aromatic carbocycles. The van der Waals surface area contributed by atoms with Gasteiger partial charge in [0.2, 0.25) is 11.2 Å². The Morgan fingerprint density at radius 3 is 2.45 bits per heavy atom. The monoisotopic (exact) mass is 722 g/mol. The van der Waals surface area contributed by atoms with Gasteiger partial charge in [-0.3, -0.25) is 14.4 Å². The van der Waals surface area contributed by atoms with Crippen LogP contribution in [-0.4, -0.2) is 87.5 Å². The van der Waals surface area contributed by atoms with E-state index in [1.54, 1.807) is 59.5 Å². The number of aromatic nitrogens is 1. The Labute approximate surface area is 303 Å². The predicted molar refractivity (Wildman–Crippen MR) is 193 cm³/mol. The lowest BCUT2D eigenvalue weighted by Crippen LogP contribution is -2.61. The number of ether oxygens (including phenoxy) is 2. The second kappa shape index (κ2) is 15.6. The lowest BCUT2D eigenvalue weighted by atomic mass is 9.86. The minimum Gasteiger partial charge on any atom is -0.506 e. The molecule has 274 valence electrons. The fraction of sp³-hybridized carbons (Fsp3) is 0.231. The molecule has 1 aliphatic heterocycles. The quantitative estimate of drug-likeness (QED) is 0.0885. The molecule has 0 bridgehead atoms. The number of phenols is 1. The lowest BCUT2D eigenvalue weighted by Gasteiger charge is -2.39. The maximum absolute atomic E-state index is 13.3. The number of carbonyl (C=O) groups is 3. The minimum atomic E-state index is -2.31. The van der Waals surface area contributed by atoms with E-state index in [1.807, 2.05) is 0 Å². The summed E-state index contributed by atoms with van der Waals surface area (Å²) < 4.78 is 11.1. The van der Waals surface area contributed by atoms with E-state index in [4.69, 9.17) is 9.47 Å². The van der Waals surface area contributed by atoms with E-state index in [0.717, 1.165) is 5.56 Å². The summed E-state index contributed by atoms with van der Waals surface area (Å²) in [6.45, 7) is 0.701. The van der Waals surface area contributed by atoms with Gasteiger partial charge in [0.05, 0.1) is 30.3 Å². The number of likely N-dealkylation sites (tertiary alicyclic amines) is 1. The van der Waals surface area contributed by atoms with E-state index < -0.39 is 23.6 Å². The van der Waals surface area contributed by atoms with Gasteiger partial charge in [-0.25, -0.2) is 4.79 Å². The van der Waals surface area contributed by atoms with E-state index in [1.165, 1.54) is 49.6 Å². The molecule has 7 N–H and O–H groups in total. The van der Waals surface area contributed by atoms with Crippen LogP contribution in [0.4, 0.5) is 0 Å². The van der Waals surface area contributed by atoms with Gasteiger partial charge < -0.3 is 50.4 Å². The molecule has 2 atom stereocenters. The first-order valence-corrected chi connectivity index (χ1v) is 16.7. The van der Waals surface area contributed by atoms with Gasteiger partial charge in [0.15, 0.2) is 6.61 Å². The number of aliphatic hydroxyl groups excluding tert-OH is 1. The van der Waals surface area contributed by atoms with Crippen molar-refractivity contribution in [1.82, 2.24) is 20.5 Å². The number of hydrogen-bond acceptors (Lipinski definition) is 10. The van der Waals surface area contributed by atoms with E-state index in [0.29, 0.717) is 28.8 Å². The molecular formula is C39H38N4O10. The SMILES string of the molecule is COc1cc(CNCC(O)c2ccc(O)c3[nH]c(=O)ccc23)ccc1C(=O)N1CC(NC(=O)COc2cccc(C(O)(C(=O)O)c3ccccc3)c2)C1. The number of benzene rings is 4. The van der Waals surface area contributed by atoms with Crippen molar-refractivity contribution in [2.75, 3.05) is 33.4 Å². The highest BCUT2D eigenvalue weighted by atomic mass is 16.5. The Bertz CT molecular complexity index is 2200. The van der Waals surface area contributed by atoms with Crippen molar-refractivity contribution in [2.24, 2.45) is 0 Å². The molecule has 1 aromatic heterocycles. The van der Waals surface area contributed by atoms with E-state index in [-0.39, 0.29) is 71.9 Å². The number of fused-ring (bicyclic) bond motifs is 1. The zero-order chi connectivity index (χ0) is 37.7. The molecule has 1 fully saturated rings. The Morgan fingerprint density at radius 2 is 1.72 bits per heavy atom. The van der Waals surface area contributed by atoms with Crippen molar-refractivity contribution in [3.8, 4) is 17.2 Å². The summed E-state index contributed by atoms with van der Waals surface area (Å²) >= 11 is 0. The number of methoxy groups -OCH3 is 1. The molecule has 5 aromatic rings. The standard InChI is InChI=1S/C39H38N4O10/c1-52-33-16-23(18-40-19-32(45)28-12-14-31(44)36-29(28)13-15-34(46)42-36)10-11-30(33)37(48)43-20-26(21-43)41-35(47)22-53-27-9-5-8-25(17-27)39(51,38(49)50)24-6-3-2-4-7-24/h2-17,26,32,40,44-45,51H,18-22H2,1H3,(H,41,47)(H,42,46)(H,49,50). The Hall–Kier alpha value is -6.22. The molecular weight excluding hydrogens is 684 g/mol. The second-order valence-corrected chi connectivity index (χ2v) is 12.6. The average molecular weight is 723 g/mol. The van der Waals surface area contributed by atoms with Crippen LogP contribution in [0.1, 0.15) is 38.7 Å². The number of aromatic amines is 1. The van der Waals surface area contributed by atoms with Gasteiger partial charge >= 0.3 is 5.97 Å². The highest BCUT2D eigenvalue weighted by Crippen LogP contribution is 2.32. The molecule has 0 saturated carbocycles. The van der Waals surface area contributed by atoms with Crippen LogP contribution in [0.25, 0.3) is 10.9 Å². The molecule has 14 nitrogen and oxygen atoms in total. The van der Waals surface area contributed by atoms with Gasteiger partial charge in [0, 0.05) is 43.2 Å². The van der Waals surface area contributed by atoms with Crippen LogP contribution < -0.4 is 25.7 Å². The van der Waals surface area contributed by atoms with Crippen LogP contribution in [0.3, 0.4) is 0 Å². The number of carboxylic acids is 1. The molecule has 0 radical (unpaired) electrons. The van der Waals surface area contributed by atoms with Crippen molar-refractivity contribution >= 4 is 28.7 Å². The zero-order valence-corrected chi connectivity index (χ0v) is 28.6. The highest BCUT2D eigenvalue weighted by Gasteiger charge is 2.40. The number of aliphatic hydroxyl groups is 2. The number of amides is 2. The molecule has 1 saturated heterocycles. The molecule has 1 aliphatic rings. The number of aromatic hydroxyl groups is 1. The van der Waals surface area contributed by atoms with Gasteiger partial charge in [-0.15, -0.1) is 0 Å². The number of carbonyl (C=O) groups excluding carboxylic acids is 2. The van der Waals surface area contributed by atoms with Crippen molar-refractivity contribution in [1.29, 1.82) is 0 Å². The number of hydrogen-bond donors (Lipinski definition) is 7. The van der Waals surface area contributed by atoms with Crippen LogP contribution in [0.5, 0.6) is 17.2 Å². The summed E-state index contributed by atoms with van der Waals surface area (Å²) in [5, 5.41) is 48.5. The lowest BCUT2D eigenvalue weighted by molar-refractivity contribution is -0.155. The number of nitrogens with zero attached hydrogens (tertiary/aromatic N) is 1. The Balaban J connectivity index is 0.983. The van der Waals surface area contributed by atoms with Crippen molar-refractivity contribution in [3.63, 3.8) is 0 Å². The van der Waals surface area contributed by atoms with Crippen LogP contribution in [0.2, 0.25) is 0 Å². The van der Waals surface area contributed by atoms with Gasteiger partial charge in [0.25, 0.3) is 11.8 Å². The second-order valence-electron chi connectivity index (χ2n) is 12.6. The first kappa shape index (κ1) is 36.6. The predicted octanol–water partition coefficient (Wildman–Crippen LogP) is 2.41. The summed E-state index contributed by atoms with van der Waals surface area (Å²) in [7, 11) is 1.46. The van der Waals surface area contributed by atoms with Gasteiger partial charge in [0.1, 0.15) is 17.2 Å². The van der Waals surface area contributed by atoms with Crippen LogP contribution >= 0.6 is 0 Å². The molecule has 14 heteroatoms.